The Kier molecular flexibility index (Phi) is 9.40. The van der Waals surface area contributed by atoms with E-state index < -0.39 is 5.60 Å². The van der Waals surface area contributed by atoms with Crippen LogP contribution in [0, 0.1) is 0 Å². The second kappa shape index (κ2) is 11.8. The smallest absolute Gasteiger partial charge is 0.307 e. The van der Waals surface area contributed by atoms with Crippen LogP contribution in [0.3, 0.4) is 0 Å². The van der Waals surface area contributed by atoms with Gasteiger partial charge in [-0.05, 0) is 44.7 Å². The minimum atomic E-state index is -0.444. The Hall–Kier alpha value is -2.13. The molecule has 0 radical (unpaired) electrons. The number of esters is 1. The number of rotatable bonds is 11. The second-order valence-electron chi connectivity index (χ2n) is 8.78. The molecule has 0 bridgehead atoms. The van der Waals surface area contributed by atoms with Crippen molar-refractivity contribution in [1.29, 1.82) is 0 Å². The first-order valence-electron chi connectivity index (χ1n) is 10.9. The first-order valence-corrected chi connectivity index (χ1v) is 10.9. The molecule has 1 unspecified atom stereocenters. The Morgan fingerprint density at radius 2 is 1.55 bits per heavy atom. The molecule has 0 spiro atoms. The number of hydrogen-bond donors (Lipinski definition) is 0. The van der Waals surface area contributed by atoms with Crippen molar-refractivity contribution in [2.24, 2.45) is 0 Å². The number of hydrogen-bond acceptors (Lipinski definition) is 3. The zero-order valence-corrected chi connectivity index (χ0v) is 18.6. The van der Waals surface area contributed by atoms with Crippen LogP contribution in [0.2, 0.25) is 0 Å². The topological polar surface area (TPSA) is 29.5 Å². The van der Waals surface area contributed by atoms with E-state index in [0.717, 1.165) is 38.8 Å². The van der Waals surface area contributed by atoms with Crippen molar-refractivity contribution in [3.8, 4) is 0 Å². The van der Waals surface area contributed by atoms with Gasteiger partial charge in [0.05, 0.1) is 6.42 Å². The summed E-state index contributed by atoms with van der Waals surface area (Å²) in [6, 6.07) is 21.3. The highest BCUT2D eigenvalue weighted by Gasteiger charge is 2.25. The molecule has 1 atom stereocenters. The third-order valence-corrected chi connectivity index (χ3v) is 4.99. The zero-order valence-electron chi connectivity index (χ0n) is 18.6. The molecule has 29 heavy (non-hydrogen) atoms. The molecule has 3 heteroatoms. The molecule has 0 fully saturated rings. The van der Waals surface area contributed by atoms with E-state index in [-0.39, 0.29) is 12.0 Å². The highest BCUT2D eigenvalue weighted by molar-refractivity contribution is 5.70. The van der Waals surface area contributed by atoms with Gasteiger partial charge in [-0.1, -0.05) is 80.4 Å². The molecule has 2 rings (SSSR count). The molecule has 0 N–H and O–H groups in total. The lowest BCUT2D eigenvalue weighted by Gasteiger charge is -2.32. The SMILES string of the molecule is CCCCC(CC(=O)OC(C)(C)C)N(CCc1ccccc1)Cc1ccccc1. The summed E-state index contributed by atoms with van der Waals surface area (Å²) in [5.41, 5.74) is 2.17. The van der Waals surface area contributed by atoms with Gasteiger partial charge in [-0.2, -0.15) is 0 Å². The van der Waals surface area contributed by atoms with Gasteiger partial charge >= 0.3 is 5.97 Å². The molecule has 0 heterocycles. The summed E-state index contributed by atoms with van der Waals surface area (Å²) in [6.07, 6.45) is 4.67. The maximum atomic E-state index is 12.6. The van der Waals surface area contributed by atoms with E-state index in [1.807, 2.05) is 26.8 Å². The maximum absolute atomic E-state index is 12.6. The van der Waals surface area contributed by atoms with Crippen molar-refractivity contribution in [3.63, 3.8) is 0 Å². The number of carbonyl (C=O) groups is 1. The summed E-state index contributed by atoms with van der Waals surface area (Å²) >= 11 is 0. The van der Waals surface area contributed by atoms with Gasteiger partial charge < -0.3 is 4.74 Å². The quantitative estimate of drug-likeness (QED) is 0.436. The Morgan fingerprint density at radius 1 is 0.966 bits per heavy atom. The molecule has 0 aromatic heterocycles. The van der Waals surface area contributed by atoms with Gasteiger partial charge in [0, 0.05) is 19.1 Å². The molecule has 2 aromatic carbocycles. The van der Waals surface area contributed by atoms with Crippen LogP contribution in [-0.2, 0) is 22.5 Å². The van der Waals surface area contributed by atoms with E-state index in [1.54, 1.807) is 0 Å². The number of benzene rings is 2. The lowest BCUT2D eigenvalue weighted by Crippen LogP contribution is -2.39. The Balaban J connectivity index is 2.15. The molecule has 0 aliphatic carbocycles. The van der Waals surface area contributed by atoms with Crippen molar-refractivity contribution in [2.75, 3.05) is 6.54 Å². The van der Waals surface area contributed by atoms with Gasteiger partial charge in [0.25, 0.3) is 0 Å². The Labute approximate surface area is 177 Å². The van der Waals surface area contributed by atoms with E-state index in [1.165, 1.54) is 11.1 Å². The molecule has 158 valence electrons. The largest absolute Gasteiger partial charge is 0.460 e. The maximum Gasteiger partial charge on any atom is 0.307 e. The number of ether oxygens (including phenoxy) is 1. The van der Waals surface area contributed by atoms with Crippen LogP contribution >= 0.6 is 0 Å². The lowest BCUT2D eigenvalue weighted by atomic mass is 10.0. The van der Waals surface area contributed by atoms with Gasteiger partial charge in [-0.15, -0.1) is 0 Å². The van der Waals surface area contributed by atoms with Crippen LogP contribution in [-0.4, -0.2) is 29.1 Å². The molecule has 0 amide bonds. The average molecular weight is 396 g/mol. The van der Waals surface area contributed by atoms with Crippen LogP contribution in [0.25, 0.3) is 0 Å². The van der Waals surface area contributed by atoms with Crippen molar-refractivity contribution in [1.82, 2.24) is 4.90 Å². The summed E-state index contributed by atoms with van der Waals surface area (Å²) in [7, 11) is 0. The van der Waals surface area contributed by atoms with Crippen molar-refractivity contribution < 1.29 is 9.53 Å². The summed E-state index contributed by atoms with van der Waals surface area (Å²) < 4.78 is 5.65. The van der Waals surface area contributed by atoms with E-state index in [0.29, 0.717) is 6.42 Å². The molecule has 0 saturated heterocycles. The van der Waals surface area contributed by atoms with Gasteiger partial charge in [0.15, 0.2) is 0 Å². The zero-order chi connectivity index (χ0) is 21.1. The molecular formula is C26H37NO2. The van der Waals surface area contributed by atoms with Crippen LogP contribution in [0.15, 0.2) is 60.7 Å². The molecule has 2 aromatic rings. The van der Waals surface area contributed by atoms with Crippen LogP contribution in [0.4, 0.5) is 0 Å². The fraction of sp³-hybridized carbons (Fsp3) is 0.500. The first-order chi connectivity index (χ1) is 13.9. The Bertz CT molecular complexity index is 706. The fourth-order valence-electron chi connectivity index (χ4n) is 3.56. The predicted molar refractivity (Wildman–Crippen MR) is 121 cm³/mol. The van der Waals surface area contributed by atoms with Crippen molar-refractivity contribution in [3.05, 3.63) is 71.8 Å². The standard InChI is InChI=1S/C26H37NO2/c1-5-6-17-24(20-25(28)29-26(2,3)4)27(21-23-15-11-8-12-16-23)19-18-22-13-9-7-10-14-22/h7-16,24H,5-6,17-21H2,1-4H3. The highest BCUT2D eigenvalue weighted by Crippen LogP contribution is 2.20. The van der Waals surface area contributed by atoms with Gasteiger partial charge in [-0.25, -0.2) is 0 Å². The highest BCUT2D eigenvalue weighted by atomic mass is 16.6. The third-order valence-electron chi connectivity index (χ3n) is 4.99. The van der Waals surface area contributed by atoms with Crippen molar-refractivity contribution >= 4 is 5.97 Å². The summed E-state index contributed by atoms with van der Waals surface area (Å²) in [6.45, 7) is 9.78. The monoisotopic (exact) mass is 395 g/mol. The lowest BCUT2D eigenvalue weighted by molar-refractivity contribution is -0.156. The normalized spacial score (nSPS) is 12.7. The third kappa shape index (κ3) is 9.27. The number of nitrogens with zero attached hydrogens (tertiary/aromatic N) is 1. The summed E-state index contributed by atoms with van der Waals surface area (Å²) in [5.74, 6) is -0.101. The average Bonchev–Trinajstić information content (AvgIpc) is 2.68. The van der Waals surface area contributed by atoms with E-state index in [9.17, 15) is 4.79 Å². The van der Waals surface area contributed by atoms with Crippen LogP contribution in [0.5, 0.6) is 0 Å². The molecule has 0 saturated carbocycles. The van der Waals surface area contributed by atoms with E-state index in [4.69, 9.17) is 4.74 Å². The fourth-order valence-corrected chi connectivity index (χ4v) is 3.56. The number of carbonyl (C=O) groups excluding carboxylic acids is 1. The summed E-state index contributed by atoms with van der Waals surface area (Å²) in [4.78, 5) is 15.1. The second-order valence-corrected chi connectivity index (χ2v) is 8.78. The van der Waals surface area contributed by atoms with Crippen LogP contribution in [0.1, 0.15) is 64.5 Å². The molecular weight excluding hydrogens is 358 g/mol. The summed E-state index contributed by atoms with van der Waals surface area (Å²) in [5, 5.41) is 0. The van der Waals surface area contributed by atoms with E-state index in [2.05, 4.69) is 66.4 Å². The van der Waals surface area contributed by atoms with Crippen LogP contribution < -0.4 is 0 Å². The minimum absolute atomic E-state index is 0.101. The van der Waals surface area contributed by atoms with Gasteiger partial charge in [0.2, 0.25) is 0 Å². The molecule has 3 nitrogen and oxygen atoms in total. The Morgan fingerprint density at radius 3 is 2.10 bits per heavy atom. The van der Waals surface area contributed by atoms with E-state index >= 15 is 0 Å². The van der Waals surface area contributed by atoms with Gasteiger partial charge in [-0.3, -0.25) is 9.69 Å². The van der Waals surface area contributed by atoms with Crippen molar-refractivity contribution in [2.45, 2.75) is 78.0 Å². The number of unbranched alkanes of at least 4 members (excludes halogenated alkanes) is 1. The minimum Gasteiger partial charge on any atom is -0.460 e. The molecule has 0 aliphatic rings. The first kappa shape index (κ1) is 23.2. The van der Waals surface area contributed by atoms with Gasteiger partial charge in [0.1, 0.15) is 5.60 Å². The predicted octanol–water partition coefficient (Wildman–Crippen LogP) is 6.02. The molecule has 0 aliphatic heterocycles.